The lowest BCUT2D eigenvalue weighted by atomic mass is 10.0. The maximum Gasteiger partial charge on any atom is 0.265 e. The molecule has 0 saturated carbocycles. The van der Waals surface area contributed by atoms with E-state index in [0.717, 1.165) is 24.0 Å². The maximum atomic E-state index is 13.0. The number of benzene rings is 2. The second-order valence-corrected chi connectivity index (χ2v) is 10.7. The maximum absolute atomic E-state index is 13.0. The Hall–Kier alpha value is -2.26. The van der Waals surface area contributed by atoms with Gasteiger partial charge in [0, 0.05) is 6.54 Å². The molecule has 0 atom stereocenters. The Morgan fingerprint density at radius 2 is 1.83 bits per heavy atom. The van der Waals surface area contributed by atoms with Crippen LogP contribution in [0.25, 0.3) is 0 Å². The van der Waals surface area contributed by atoms with E-state index in [9.17, 15) is 16.8 Å². The van der Waals surface area contributed by atoms with Gasteiger partial charge in [-0.25, -0.2) is 16.8 Å². The molecule has 3 rings (SSSR count). The Labute approximate surface area is 172 Å². The number of aryl methyl sites for hydroxylation is 2. The molecule has 1 N–H and O–H groups in total. The van der Waals surface area contributed by atoms with Gasteiger partial charge in [-0.1, -0.05) is 12.1 Å². The molecule has 9 heteroatoms. The smallest absolute Gasteiger partial charge is 0.265 e. The standard InChI is InChI=1S/C20H26N2O5S2/c1-4-27-19-11-8-15(3)13-20(19)29(25,26)21-17-10-9-16-7-6-12-22(18(16)14-17)28(23,24)5-2/h8-11,13-14,21H,4-7,12H2,1-3H3. The third-order valence-corrected chi connectivity index (χ3v) is 7.99. The monoisotopic (exact) mass is 438 g/mol. The molecule has 0 aliphatic carbocycles. The first kappa shape index (κ1) is 21.4. The molecule has 29 heavy (non-hydrogen) atoms. The topological polar surface area (TPSA) is 92.8 Å². The van der Waals surface area contributed by atoms with E-state index in [1.54, 1.807) is 57.2 Å². The summed E-state index contributed by atoms with van der Waals surface area (Å²) in [5.41, 5.74) is 2.53. The van der Waals surface area contributed by atoms with Crippen LogP contribution in [-0.2, 0) is 26.5 Å². The van der Waals surface area contributed by atoms with Crippen molar-refractivity contribution in [3.05, 3.63) is 47.5 Å². The van der Waals surface area contributed by atoms with Gasteiger partial charge in [0.15, 0.2) is 0 Å². The molecular formula is C20H26N2O5S2. The van der Waals surface area contributed by atoms with Gasteiger partial charge in [0.1, 0.15) is 10.6 Å². The van der Waals surface area contributed by atoms with Crippen LogP contribution in [0.1, 0.15) is 31.4 Å². The zero-order valence-corrected chi connectivity index (χ0v) is 18.4. The fourth-order valence-electron chi connectivity index (χ4n) is 3.36. The Balaban J connectivity index is 2.00. The van der Waals surface area contributed by atoms with Crippen LogP contribution >= 0.6 is 0 Å². The van der Waals surface area contributed by atoms with Crippen molar-refractivity contribution in [2.75, 3.05) is 27.9 Å². The second kappa shape index (κ2) is 8.23. The van der Waals surface area contributed by atoms with Gasteiger partial charge in [0.25, 0.3) is 10.0 Å². The van der Waals surface area contributed by atoms with E-state index in [2.05, 4.69) is 4.72 Å². The first-order valence-corrected chi connectivity index (χ1v) is 12.7. The van der Waals surface area contributed by atoms with E-state index in [1.807, 2.05) is 0 Å². The highest BCUT2D eigenvalue weighted by molar-refractivity contribution is 7.93. The minimum atomic E-state index is -3.92. The molecule has 7 nitrogen and oxygen atoms in total. The predicted octanol–water partition coefficient (Wildman–Crippen LogP) is 3.30. The molecule has 0 bridgehead atoms. The summed E-state index contributed by atoms with van der Waals surface area (Å²) in [5, 5.41) is 0. The molecule has 0 spiro atoms. The van der Waals surface area contributed by atoms with Crippen LogP contribution in [0.3, 0.4) is 0 Å². The van der Waals surface area contributed by atoms with E-state index in [4.69, 9.17) is 4.74 Å². The molecule has 0 fully saturated rings. The van der Waals surface area contributed by atoms with Gasteiger partial charge in [-0.2, -0.15) is 0 Å². The predicted molar refractivity (Wildman–Crippen MR) is 115 cm³/mol. The van der Waals surface area contributed by atoms with E-state index < -0.39 is 20.0 Å². The molecule has 0 saturated heterocycles. The van der Waals surface area contributed by atoms with Gasteiger partial charge in [0.05, 0.1) is 23.7 Å². The molecule has 0 aromatic heterocycles. The molecule has 0 radical (unpaired) electrons. The van der Waals surface area contributed by atoms with E-state index in [-0.39, 0.29) is 16.4 Å². The van der Waals surface area contributed by atoms with Gasteiger partial charge in [-0.15, -0.1) is 0 Å². The normalized spacial score (nSPS) is 14.4. The Kier molecular flexibility index (Phi) is 6.09. The van der Waals surface area contributed by atoms with Crippen molar-refractivity contribution in [1.82, 2.24) is 0 Å². The molecule has 158 valence electrons. The minimum absolute atomic E-state index is 0.0105. The third-order valence-electron chi connectivity index (χ3n) is 4.80. The van der Waals surface area contributed by atoms with Crippen LogP contribution in [0.15, 0.2) is 41.3 Å². The zero-order valence-electron chi connectivity index (χ0n) is 16.8. The number of rotatable bonds is 7. The van der Waals surface area contributed by atoms with Crippen LogP contribution in [0.5, 0.6) is 5.75 Å². The molecule has 2 aromatic carbocycles. The van der Waals surface area contributed by atoms with Gasteiger partial charge < -0.3 is 4.74 Å². The van der Waals surface area contributed by atoms with Crippen molar-refractivity contribution in [3.63, 3.8) is 0 Å². The van der Waals surface area contributed by atoms with Crippen LogP contribution < -0.4 is 13.8 Å². The van der Waals surface area contributed by atoms with Crippen LogP contribution in [0, 0.1) is 6.92 Å². The van der Waals surface area contributed by atoms with Crippen molar-refractivity contribution < 1.29 is 21.6 Å². The highest BCUT2D eigenvalue weighted by Gasteiger charge is 2.27. The van der Waals surface area contributed by atoms with Gasteiger partial charge in [0.2, 0.25) is 10.0 Å². The van der Waals surface area contributed by atoms with Crippen LogP contribution in [-0.4, -0.2) is 35.7 Å². The minimum Gasteiger partial charge on any atom is -0.492 e. The lowest BCUT2D eigenvalue weighted by molar-refractivity contribution is 0.331. The zero-order chi connectivity index (χ0) is 21.2. The summed E-state index contributed by atoms with van der Waals surface area (Å²) in [7, 11) is -7.35. The van der Waals surface area contributed by atoms with Gasteiger partial charge in [-0.3, -0.25) is 9.03 Å². The molecule has 0 amide bonds. The summed E-state index contributed by atoms with van der Waals surface area (Å²) < 4.78 is 60.4. The number of hydrogen-bond acceptors (Lipinski definition) is 5. The average Bonchev–Trinajstić information content (AvgIpc) is 2.68. The van der Waals surface area contributed by atoms with Crippen LogP contribution in [0.2, 0.25) is 0 Å². The number of anilines is 2. The van der Waals surface area contributed by atoms with Crippen molar-refractivity contribution in [2.45, 2.75) is 38.5 Å². The van der Waals surface area contributed by atoms with E-state index in [1.165, 1.54) is 4.31 Å². The Morgan fingerprint density at radius 3 is 2.52 bits per heavy atom. The SMILES string of the molecule is CCOc1ccc(C)cc1S(=O)(=O)Nc1ccc2c(c1)N(S(=O)(=O)CC)CCC2. The highest BCUT2D eigenvalue weighted by atomic mass is 32.2. The molecule has 1 heterocycles. The number of nitrogens with one attached hydrogen (secondary N) is 1. The molecule has 0 unspecified atom stereocenters. The third kappa shape index (κ3) is 4.51. The van der Waals surface area contributed by atoms with Gasteiger partial charge in [-0.05, 0) is 69.0 Å². The lowest BCUT2D eigenvalue weighted by Crippen LogP contribution is -2.36. The molecule has 1 aliphatic rings. The fourth-order valence-corrected chi connectivity index (χ4v) is 5.83. The van der Waals surface area contributed by atoms with Gasteiger partial charge >= 0.3 is 0 Å². The van der Waals surface area contributed by atoms with Crippen LogP contribution in [0.4, 0.5) is 11.4 Å². The second-order valence-electron chi connectivity index (χ2n) is 6.91. The Bertz CT molecular complexity index is 1110. The Morgan fingerprint density at radius 1 is 1.07 bits per heavy atom. The highest BCUT2D eigenvalue weighted by Crippen LogP contribution is 2.34. The van der Waals surface area contributed by atoms with Crippen molar-refractivity contribution in [2.24, 2.45) is 0 Å². The summed E-state index contributed by atoms with van der Waals surface area (Å²) in [6.07, 6.45) is 1.49. The fraction of sp³-hybridized carbons (Fsp3) is 0.400. The number of fused-ring (bicyclic) bond motifs is 1. The van der Waals surface area contributed by atoms with Crippen molar-refractivity contribution in [1.29, 1.82) is 0 Å². The van der Waals surface area contributed by atoms with Crippen molar-refractivity contribution in [3.8, 4) is 5.75 Å². The summed E-state index contributed by atoms with van der Waals surface area (Å²) in [6, 6.07) is 10.0. The number of sulfonamides is 2. The summed E-state index contributed by atoms with van der Waals surface area (Å²) in [6.45, 7) is 5.93. The number of nitrogens with zero attached hydrogens (tertiary/aromatic N) is 1. The summed E-state index contributed by atoms with van der Waals surface area (Å²) in [5.74, 6) is 0.266. The summed E-state index contributed by atoms with van der Waals surface area (Å²) >= 11 is 0. The molecule has 2 aromatic rings. The van der Waals surface area contributed by atoms with E-state index >= 15 is 0 Å². The number of ether oxygens (including phenoxy) is 1. The summed E-state index contributed by atoms with van der Waals surface area (Å²) in [4.78, 5) is 0.0510. The van der Waals surface area contributed by atoms with E-state index in [0.29, 0.717) is 24.5 Å². The first-order valence-electron chi connectivity index (χ1n) is 9.57. The average molecular weight is 439 g/mol. The molecule has 1 aliphatic heterocycles. The quantitative estimate of drug-likeness (QED) is 0.716. The lowest BCUT2D eigenvalue weighted by Gasteiger charge is -2.30. The first-order chi connectivity index (χ1) is 13.7. The molecular weight excluding hydrogens is 412 g/mol. The largest absolute Gasteiger partial charge is 0.492 e. The number of hydrogen-bond donors (Lipinski definition) is 1. The van der Waals surface area contributed by atoms with Crippen molar-refractivity contribution >= 4 is 31.4 Å².